The van der Waals surface area contributed by atoms with Crippen LogP contribution in [0, 0.1) is 0 Å². The SMILES string of the molecule is c1ccc(SCCNc2nc3ccccc3o2)cc1. The van der Waals surface area contributed by atoms with Crippen LogP contribution < -0.4 is 5.32 Å². The van der Waals surface area contributed by atoms with E-state index in [1.165, 1.54) is 4.90 Å². The van der Waals surface area contributed by atoms with E-state index in [1.54, 1.807) is 0 Å². The number of hydrogen-bond acceptors (Lipinski definition) is 4. The van der Waals surface area contributed by atoms with E-state index in [1.807, 2.05) is 42.1 Å². The molecule has 0 fully saturated rings. The summed E-state index contributed by atoms with van der Waals surface area (Å²) >= 11 is 1.81. The average Bonchev–Trinajstić information content (AvgIpc) is 2.87. The molecule has 19 heavy (non-hydrogen) atoms. The van der Waals surface area contributed by atoms with Crippen LogP contribution in [0.15, 0.2) is 63.9 Å². The van der Waals surface area contributed by atoms with Crippen LogP contribution in [0.1, 0.15) is 0 Å². The van der Waals surface area contributed by atoms with Crippen LogP contribution in [0.25, 0.3) is 11.1 Å². The molecule has 3 rings (SSSR count). The van der Waals surface area contributed by atoms with Gasteiger partial charge in [0.25, 0.3) is 6.01 Å². The van der Waals surface area contributed by atoms with Crippen molar-refractivity contribution in [1.82, 2.24) is 4.98 Å². The highest BCUT2D eigenvalue weighted by Gasteiger charge is 2.03. The summed E-state index contributed by atoms with van der Waals surface area (Å²) in [6.45, 7) is 0.826. The summed E-state index contributed by atoms with van der Waals surface area (Å²) in [5, 5.41) is 3.21. The van der Waals surface area contributed by atoms with Crippen molar-refractivity contribution in [3.8, 4) is 0 Å². The number of fused-ring (bicyclic) bond motifs is 1. The van der Waals surface area contributed by atoms with Crippen molar-refractivity contribution in [1.29, 1.82) is 0 Å². The van der Waals surface area contributed by atoms with Crippen molar-refractivity contribution in [2.75, 3.05) is 17.6 Å². The smallest absolute Gasteiger partial charge is 0.295 e. The van der Waals surface area contributed by atoms with Crippen molar-refractivity contribution < 1.29 is 4.42 Å². The third kappa shape index (κ3) is 3.09. The van der Waals surface area contributed by atoms with Crippen molar-refractivity contribution >= 4 is 28.9 Å². The Hall–Kier alpha value is -1.94. The summed E-state index contributed by atoms with van der Waals surface area (Å²) in [5.41, 5.74) is 1.71. The summed E-state index contributed by atoms with van der Waals surface area (Å²) in [5.74, 6) is 0.975. The van der Waals surface area contributed by atoms with Crippen LogP contribution in [0.3, 0.4) is 0 Å². The van der Waals surface area contributed by atoms with Gasteiger partial charge < -0.3 is 9.73 Å². The Bertz CT molecular complexity index is 618. The molecule has 1 aromatic heterocycles. The van der Waals surface area contributed by atoms with Gasteiger partial charge in [0.05, 0.1) is 0 Å². The van der Waals surface area contributed by atoms with Crippen LogP contribution in [0.5, 0.6) is 0 Å². The number of aromatic nitrogens is 1. The molecule has 0 unspecified atom stereocenters. The summed E-state index contributed by atoms with van der Waals surface area (Å²) in [7, 11) is 0. The zero-order valence-corrected chi connectivity index (χ0v) is 11.2. The number of hydrogen-bond donors (Lipinski definition) is 1. The first-order valence-electron chi connectivity index (χ1n) is 6.19. The van der Waals surface area contributed by atoms with Gasteiger partial charge in [-0.3, -0.25) is 0 Å². The van der Waals surface area contributed by atoms with Gasteiger partial charge in [0.2, 0.25) is 0 Å². The number of oxazole rings is 1. The number of nitrogens with one attached hydrogen (secondary N) is 1. The third-order valence-corrected chi connectivity index (χ3v) is 3.70. The molecule has 4 heteroatoms. The molecule has 0 atom stereocenters. The third-order valence-electron chi connectivity index (χ3n) is 2.68. The summed E-state index contributed by atoms with van der Waals surface area (Å²) in [6.07, 6.45) is 0. The zero-order chi connectivity index (χ0) is 12.9. The molecular weight excluding hydrogens is 256 g/mol. The van der Waals surface area contributed by atoms with Gasteiger partial charge in [-0.1, -0.05) is 30.3 Å². The Morgan fingerprint density at radius 3 is 2.63 bits per heavy atom. The first-order chi connectivity index (χ1) is 9.42. The fraction of sp³-hybridized carbons (Fsp3) is 0.133. The Kier molecular flexibility index (Phi) is 3.70. The van der Waals surface area contributed by atoms with Crippen molar-refractivity contribution in [3.05, 3.63) is 54.6 Å². The van der Waals surface area contributed by atoms with Gasteiger partial charge >= 0.3 is 0 Å². The molecule has 0 aliphatic heterocycles. The minimum Gasteiger partial charge on any atom is -0.424 e. The van der Waals surface area contributed by atoms with E-state index >= 15 is 0 Å². The lowest BCUT2D eigenvalue weighted by atomic mass is 10.3. The summed E-state index contributed by atoms with van der Waals surface area (Å²) in [4.78, 5) is 5.65. The average molecular weight is 270 g/mol. The van der Waals surface area contributed by atoms with Gasteiger partial charge in [-0.05, 0) is 24.3 Å². The Balaban J connectivity index is 1.52. The van der Waals surface area contributed by atoms with Gasteiger partial charge in [-0.15, -0.1) is 11.8 Å². The van der Waals surface area contributed by atoms with E-state index < -0.39 is 0 Å². The maximum absolute atomic E-state index is 5.59. The quantitative estimate of drug-likeness (QED) is 0.561. The lowest BCUT2D eigenvalue weighted by Gasteiger charge is -2.01. The number of nitrogens with zero attached hydrogens (tertiary/aromatic N) is 1. The predicted octanol–water partition coefficient (Wildman–Crippen LogP) is 4.03. The van der Waals surface area contributed by atoms with Gasteiger partial charge in [0.15, 0.2) is 5.58 Å². The minimum atomic E-state index is 0.592. The normalized spacial score (nSPS) is 10.7. The molecule has 0 amide bonds. The highest BCUT2D eigenvalue weighted by molar-refractivity contribution is 7.99. The van der Waals surface area contributed by atoms with E-state index in [0.717, 1.165) is 23.4 Å². The topological polar surface area (TPSA) is 38.1 Å². The lowest BCUT2D eigenvalue weighted by molar-refractivity contribution is 0.617. The van der Waals surface area contributed by atoms with Crippen molar-refractivity contribution in [3.63, 3.8) is 0 Å². The Morgan fingerprint density at radius 2 is 1.79 bits per heavy atom. The number of anilines is 1. The van der Waals surface area contributed by atoms with Crippen LogP contribution >= 0.6 is 11.8 Å². The van der Waals surface area contributed by atoms with Crippen LogP contribution in [-0.4, -0.2) is 17.3 Å². The number of para-hydroxylation sites is 2. The van der Waals surface area contributed by atoms with E-state index in [4.69, 9.17) is 4.42 Å². The molecule has 0 radical (unpaired) electrons. The number of thioether (sulfide) groups is 1. The first kappa shape index (κ1) is 12.1. The van der Waals surface area contributed by atoms with E-state index in [2.05, 4.69) is 34.6 Å². The molecule has 0 saturated heterocycles. The molecule has 0 aliphatic carbocycles. The highest BCUT2D eigenvalue weighted by atomic mass is 32.2. The maximum atomic E-state index is 5.59. The van der Waals surface area contributed by atoms with E-state index in [9.17, 15) is 0 Å². The van der Waals surface area contributed by atoms with Gasteiger partial charge in [0.1, 0.15) is 5.52 Å². The molecule has 0 bridgehead atoms. The van der Waals surface area contributed by atoms with Gasteiger partial charge in [-0.2, -0.15) is 4.98 Å². The summed E-state index contributed by atoms with van der Waals surface area (Å²) in [6, 6.07) is 18.7. The molecule has 3 nitrogen and oxygen atoms in total. The number of rotatable bonds is 5. The maximum Gasteiger partial charge on any atom is 0.295 e. The minimum absolute atomic E-state index is 0.592. The molecule has 0 spiro atoms. The Morgan fingerprint density at radius 1 is 1.00 bits per heavy atom. The van der Waals surface area contributed by atoms with Gasteiger partial charge in [0, 0.05) is 17.2 Å². The van der Waals surface area contributed by atoms with Crippen LogP contribution in [0.4, 0.5) is 6.01 Å². The molecule has 1 heterocycles. The predicted molar refractivity (Wildman–Crippen MR) is 79.7 cm³/mol. The monoisotopic (exact) mass is 270 g/mol. The number of benzene rings is 2. The molecule has 0 aliphatic rings. The fourth-order valence-electron chi connectivity index (χ4n) is 1.79. The first-order valence-corrected chi connectivity index (χ1v) is 7.18. The van der Waals surface area contributed by atoms with Crippen molar-refractivity contribution in [2.45, 2.75) is 4.90 Å². The van der Waals surface area contributed by atoms with Crippen molar-refractivity contribution in [2.24, 2.45) is 0 Å². The van der Waals surface area contributed by atoms with Crippen LogP contribution in [-0.2, 0) is 0 Å². The highest BCUT2D eigenvalue weighted by Crippen LogP contribution is 2.19. The van der Waals surface area contributed by atoms with E-state index in [-0.39, 0.29) is 0 Å². The van der Waals surface area contributed by atoms with E-state index in [0.29, 0.717) is 6.01 Å². The zero-order valence-electron chi connectivity index (χ0n) is 10.4. The molecule has 1 N–H and O–H groups in total. The van der Waals surface area contributed by atoms with Gasteiger partial charge in [-0.25, -0.2) is 0 Å². The lowest BCUT2D eigenvalue weighted by Crippen LogP contribution is -2.03. The molecular formula is C15H14N2OS. The molecule has 2 aromatic carbocycles. The molecule has 96 valence electrons. The van der Waals surface area contributed by atoms with Crippen LogP contribution in [0.2, 0.25) is 0 Å². The fourth-order valence-corrected chi connectivity index (χ4v) is 2.58. The summed E-state index contributed by atoms with van der Waals surface area (Å²) < 4.78 is 5.59. The standard InChI is InChI=1S/C15H14N2OS/c1-2-6-12(7-3-1)19-11-10-16-15-17-13-8-4-5-9-14(13)18-15/h1-9H,10-11H2,(H,16,17). The molecule has 0 saturated carbocycles. The second-order valence-electron chi connectivity index (χ2n) is 4.08. The second kappa shape index (κ2) is 5.80. The Labute approximate surface area is 116 Å². The largest absolute Gasteiger partial charge is 0.424 e. The molecule has 3 aromatic rings. The second-order valence-corrected chi connectivity index (χ2v) is 5.24.